The summed E-state index contributed by atoms with van der Waals surface area (Å²) in [7, 11) is 1.60. The highest BCUT2D eigenvalue weighted by Gasteiger charge is 2.45. The minimum atomic E-state index is -0.191. The third-order valence-corrected chi connectivity index (χ3v) is 6.52. The van der Waals surface area contributed by atoms with Crippen molar-refractivity contribution in [3.63, 3.8) is 0 Å². The zero-order valence-corrected chi connectivity index (χ0v) is 18.9. The van der Waals surface area contributed by atoms with E-state index >= 15 is 0 Å². The highest BCUT2D eigenvalue weighted by molar-refractivity contribution is 6.36. The lowest BCUT2D eigenvalue weighted by Crippen LogP contribution is -2.43. The maximum atomic E-state index is 13.8. The van der Waals surface area contributed by atoms with Crippen LogP contribution in [0, 0.1) is 0 Å². The first kappa shape index (κ1) is 22.1. The molecule has 0 unspecified atom stereocenters. The number of para-hydroxylation sites is 1. The summed E-state index contributed by atoms with van der Waals surface area (Å²) >= 11 is 0. The predicted molar refractivity (Wildman–Crippen MR) is 124 cm³/mol. The van der Waals surface area contributed by atoms with Gasteiger partial charge in [-0.25, -0.2) is 0 Å². The van der Waals surface area contributed by atoms with Gasteiger partial charge in [0.2, 0.25) is 0 Å². The van der Waals surface area contributed by atoms with Gasteiger partial charge in [-0.1, -0.05) is 37.5 Å². The molecule has 4 rings (SSSR count). The Morgan fingerprint density at radius 3 is 2.44 bits per heavy atom. The van der Waals surface area contributed by atoms with Gasteiger partial charge in [0, 0.05) is 37.1 Å². The van der Waals surface area contributed by atoms with Crippen molar-refractivity contribution < 1.29 is 14.3 Å². The first-order chi connectivity index (χ1) is 15.7. The van der Waals surface area contributed by atoms with E-state index in [1.807, 2.05) is 48.2 Å². The van der Waals surface area contributed by atoms with Crippen LogP contribution in [0.25, 0.3) is 5.57 Å². The number of imide groups is 1. The number of carbonyl (C=O) groups is 2. The Morgan fingerprint density at radius 1 is 1.03 bits per heavy atom. The first-order valence-corrected chi connectivity index (χ1v) is 11.5. The Labute approximate surface area is 189 Å². The number of aromatic nitrogens is 1. The zero-order valence-electron chi connectivity index (χ0n) is 18.9. The topological polar surface area (TPSA) is 62.7 Å². The molecule has 0 atom stereocenters. The summed E-state index contributed by atoms with van der Waals surface area (Å²) in [6.07, 6.45) is 9.37. The Balaban J connectivity index is 1.74. The Hall–Kier alpha value is -3.15. The second-order valence-corrected chi connectivity index (χ2v) is 8.38. The third-order valence-electron chi connectivity index (χ3n) is 6.52. The minimum Gasteiger partial charge on any atom is -0.496 e. The smallest absolute Gasteiger partial charge is 0.278 e. The maximum Gasteiger partial charge on any atom is 0.278 e. The number of pyridine rings is 1. The predicted octanol–water partition coefficient (Wildman–Crippen LogP) is 4.07. The molecule has 2 heterocycles. The second kappa shape index (κ2) is 9.98. The van der Waals surface area contributed by atoms with Crippen molar-refractivity contribution in [3.8, 4) is 5.75 Å². The molecule has 1 aromatic carbocycles. The van der Waals surface area contributed by atoms with Crippen molar-refractivity contribution >= 4 is 17.4 Å². The van der Waals surface area contributed by atoms with E-state index in [2.05, 4.69) is 4.98 Å². The molecule has 2 aromatic rings. The fraction of sp³-hybridized carbons (Fsp3) is 0.423. The number of rotatable bonds is 8. The summed E-state index contributed by atoms with van der Waals surface area (Å²) in [6.45, 7) is 3.31. The Kier molecular flexibility index (Phi) is 6.88. The zero-order chi connectivity index (χ0) is 22.5. The molecule has 32 heavy (non-hydrogen) atoms. The summed E-state index contributed by atoms with van der Waals surface area (Å²) in [6, 6.07) is 11.4. The van der Waals surface area contributed by atoms with Crippen molar-refractivity contribution in [2.45, 2.75) is 51.5 Å². The molecule has 0 spiro atoms. The number of ether oxygens (including phenoxy) is 1. The van der Waals surface area contributed by atoms with Gasteiger partial charge in [-0.15, -0.1) is 0 Å². The molecule has 0 bridgehead atoms. The van der Waals surface area contributed by atoms with Gasteiger partial charge in [0.1, 0.15) is 11.4 Å². The number of hydrogen-bond acceptors (Lipinski definition) is 5. The van der Waals surface area contributed by atoms with Crippen molar-refractivity contribution in [1.29, 1.82) is 0 Å². The molecule has 168 valence electrons. The van der Waals surface area contributed by atoms with Crippen LogP contribution in [0.4, 0.5) is 0 Å². The third kappa shape index (κ3) is 4.27. The molecule has 1 aromatic heterocycles. The molecule has 2 amide bonds. The fourth-order valence-corrected chi connectivity index (χ4v) is 4.83. The molecule has 0 N–H and O–H groups in total. The maximum absolute atomic E-state index is 13.8. The molecular formula is C26H31N3O3. The molecule has 1 saturated carbocycles. The van der Waals surface area contributed by atoms with E-state index in [4.69, 9.17) is 4.74 Å². The molecule has 0 saturated heterocycles. The van der Waals surface area contributed by atoms with Crippen molar-refractivity contribution in [2.75, 3.05) is 20.2 Å². The monoisotopic (exact) mass is 433 g/mol. The molecule has 1 aliphatic heterocycles. The van der Waals surface area contributed by atoms with Crippen molar-refractivity contribution in [3.05, 3.63) is 65.6 Å². The van der Waals surface area contributed by atoms with Crippen molar-refractivity contribution in [1.82, 2.24) is 14.8 Å². The van der Waals surface area contributed by atoms with Crippen LogP contribution in [-0.2, 0) is 16.0 Å². The standard InChI is InChI=1S/C26H31N3O3/c1-3-28(18-15-19-13-16-27-17-14-19)24-23(21-11-7-8-12-22(21)32-2)25(30)29(26(24)31)20-9-5-4-6-10-20/h7-8,11-14,16-17,20H,3-6,9-10,15,18H2,1-2H3. The van der Waals surface area contributed by atoms with Gasteiger partial charge >= 0.3 is 0 Å². The number of nitrogens with zero attached hydrogens (tertiary/aromatic N) is 3. The van der Waals surface area contributed by atoms with Crippen LogP contribution in [0.15, 0.2) is 54.5 Å². The molecule has 6 heteroatoms. The van der Waals surface area contributed by atoms with Crippen LogP contribution < -0.4 is 4.74 Å². The lowest BCUT2D eigenvalue weighted by molar-refractivity contribution is -0.141. The Bertz CT molecular complexity index is 996. The Morgan fingerprint density at radius 2 is 1.75 bits per heavy atom. The molecule has 1 aliphatic carbocycles. The summed E-state index contributed by atoms with van der Waals surface area (Å²) in [5.41, 5.74) is 2.80. The second-order valence-electron chi connectivity index (χ2n) is 8.38. The number of methoxy groups -OCH3 is 1. The number of likely N-dealkylation sites (N-methyl/N-ethyl adjacent to an activating group) is 1. The quantitative estimate of drug-likeness (QED) is 0.588. The number of benzene rings is 1. The summed E-state index contributed by atoms with van der Waals surface area (Å²) in [4.78, 5) is 35.2. The van der Waals surface area contributed by atoms with Gasteiger partial charge < -0.3 is 9.64 Å². The molecule has 6 nitrogen and oxygen atoms in total. The summed E-state index contributed by atoms with van der Waals surface area (Å²) in [5.74, 6) is 0.250. The van der Waals surface area contributed by atoms with E-state index in [9.17, 15) is 9.59 Å². The van der Waals surface area contributed by atoms with E-state index in [1.165, 1.54) is 11.3 Å². The minimum absolute atomic E-state index is 0.0233. The molecule has 2 aliphatic rings. The lowest BCUT2D eigenvalue weighted by Gasteiger charge is -2.31. The number of carbonyl (C=O) groups excluding carboxylic acids is 2. The molecule has 1 fully saturated rings. The van der Waals surface area contributed by atoms with Gasteiger partial charge in [0.15, 0.2) is 0 Å². The van der Waals surface area contributed by atoms with Crippen LogP contribution in [0.3, 0.4) is 0 Å². The highest BCUT2D eigenvalue weighted by atomic mass is 16.5. The molecule has 0 radical (unpaired) electrons. The van der Waals surface area contributed by atoms with Crippen LogP contribution in [0.2, 0.25) is 0 Å². The van der Waals surface area contributed by atoms with Gasteiger partial charge in [-0.3, -0.25) is 19.5 Å². The van der Waals surface area contributed by atoms with Crippen molar-refractivity contribution in [2.24, 2.45) is 0 Å². The summed E-state index contributed by atoms with van der Waals surface area (Å²) < 4.78 is 5.57. The van der Waals surface area contributed by atoms with Crippen LogP contribution in [0.1, 0.15) is 50.2 Å². The van der Waals surface area contributed by atoms with Crippen LogP contribution >= 0.6 is 0 Å². The van der Waals surface area contributed by atoms with E-state index in [0.29, 0.717) is 35.7 Å². The van der Waals surface area contributed by atoms with Crippen LogP contribution in [0.5, 0.6) is 5.75 Å². The van der Waals surface area contributed by atoms with E-state index in [0.717, 1.165) is 37.7 Å². The molecular weight excluding hydrogens is 402 g/mol. The largest absolute Gasteiger partial charge is 0.496 e. The number of amides is 2. The summed E-state index contributed by atoms with van der Waals surface area (Å²) in [5, 5.41) is 0. The van der Waals surface area contributed by atoms with Crippen LogP contribution in [-0.4, -0.2) is 52.8 Å². The van der Waals surface area contributed by atoms with Gasteiger partial charge in [-0.05, 0) is 49.9 Å². The highest BCUT2D eigenvalue weighted by Crippen LogP contribution is 2.39. The van der Waals surface area contributed by atoms with E-state index in [-0.39, 0.29) is 17.9 Å². The van der Waals surface area contributed by atoms with Gasteiger partial charge in [-0.2, -0.15) is 0 Å². The van der Waals surface area contributed by atoms with E-state index < -0.39 is 0 Å². The fourth-order valence-electron chi connectivity index (χ4n) is 4.83. The van der Waals surface area contributed by atoms with Gasteiger partial charge in [0.05, 0.1) is 12.7 Å². The average molecular weight is 434 g/mol. The number of hydrogen-bond donors (Lipinski definition) is 0. The normalized spacial score (nSPS) is 17.2. The first-order valence-electron chi connectivity index (χ1n) is 11.5. The lowest BCUT2D eigenvalue weighted by atomic mass is 9.94. The average Bonchev–Trinajstić information content (AvgIpc) is 3.10. The van der Waals surface area contributed by atoms with E-state index in [1.54, 1.807) is 19.5 Å². The SMILES string of the molecule is CCN(CCc1ccncc1)C1=C(c2ccccc2OC)C(=O)N(C2CCCCC2)C1=O. The van der Waals surface area contributed by atoms with Gasteiger partial charge in [0.25, 0.3) is 11.8 Å².